The van der Waals surface area contributed by atoms with Gasteiger partial charge in [-0.2, -0.15) is 0 Å². The molecule has 0 aromatic heterocycles. The van der Waals surface area contributed by atoms with Gasteiger partial charge in [0.05, 0.1) is 6.04 Å². The number of carbonyl (C=O) groups excluding carboxylic acids is 11. The van der Waals surface area contributed by atoms with Crippen LogP contribution in [0.3, 0.4) is 0 Å². The van der Waals surface area contributed by atoms with Crippen molar-refractivity contribution in [2.75, 3.05) is 26.2 Å². The van der Waals surface area contributed by atoms with E-state index in [9.17, 15) is 52.7 Å². The van der Waals surface area contributed by atoms with Gasteiger partial charge in [0.1, 0.15) is 46.1 Å². The van der Waals surface area contributed by atoms with E-state index in [1.807, 2.05) is 60.7 Å². The van der Waals surface area contributed by atoms with E-state index in [0.29, 0.717) is 45.2 Å². The normalized spacial score (nSPS) is 13.2. The largest absolute Gasteiger partial charge is 0.460 e. The monoisotopic (exact) mass is 1290 g/mol. The Hall–Kier alpha value is -7.88. The Morgan fingerprint density at radius 1 is 0.457 bits per heavy atom. The number of nitrogens with zero attached hydrogens (tertiary/aromatic N) is 3. The average molecular weight is 1290 g/mol. The van der Waals surface area contributed by atoms with Crippen LogP contribution in [-0.4, -0.2) is 132 Å². The van der Waals surface area contributed by atoms with Gasteiger partial charge in [0.15, 0.2) is 5.78 Å². The first kappa shape index (κ1) is 80.2. The lowest BCUT2D eigenvalue weighted by molar-refractivity contribution is -0.159. The zero-order valence-electron chi connectivity index (χ0n) is 56.6. The van der Waals surface area contributed by atoms with Gasteiger partial charge in [0.25, 0.3) is 0 Å². The second-order valence-corrected chi connectivity index (χ2v) is 27.1. The van der Waals surface area contributed by atoms with E-state index < -0.39 is 88.3 Å². The number of Topliss-reactive ketones (excluding diaryl/α,β-unsaturated/α-hetero) is 3. The molecule has 6 N–H and O–H groups in total. The summed E-state index contributed by atoms with van der Waals surface area (Å²) in [4.78, 5) is 148. The van der Waals surface area contributed by atoms with Crippen LogP contribution in [0.25, 0.3) is 10.4 Å². The first-order valence-corrected chi connectivity index (χ1v) is 32.3. The number of carbonyl (C=O) groups is 11. The third-order valence-corrected chi connectivity index (χ3v) is 13.8. The van der Waals surface area contributed by atoms with Crippen LogP contribution < -0.4 is 31.9 Å². The van der Waals surface area contributed by atoms with Gasteiger partial charge in [0.2, 0.25) is 17.7 Å². The first-order chi connectivity index (χ1) is 43.1. The summed E-state index contributed by atoms with van der Waals surface area (Å²) < 4.78 is 21.7. The maximum absolute atomic E-state index is 14.3. The Morgan fingerprint density at radius 3 is 1.51 bits per heavy atom. The van der Waals surface area contributed by atoms with Crippen molar-refractivity contribution in [3.8, 4) is 0 Å². The highest BCUT2D eigenvalue weighted by Gasteiger charge is 2.33. The molecule has 24 nitrogen and oxygen atoms in total. The van der Waals surface area contributed by atoms with Gasteiger partial charge in [-0.25, -0.2) is 19.2 Å². The Bertz CT molecular complexity index is 2730. The smallest absolute Gasteiger partial charge is 0.407 e. The zero-order valence-corrected chi connectivity index (χ0v) is 56.6. The number of urea groups is 1. The fraction of sp³-hybridized carbons (Fsp3) is 0.662. The molecule has 0 saturated carbocycles. The number of azide groups is 1. The molecule has 512 valence electrons. The fourth-order valence-corrected chi connectivity index (χ4v) is 9.48. The lowest BCUT2D eigenvalue weighted by Gasteiger charge is -2.27. The number of esters is 3. The highest BCUT2D eigenvalue weighted by molar-refractivity contribution is 5.93. The summed E-state index contributed by atoms with van der Waals surface area (Å²) in [7, 11) is 0. The molecule has 6 amide bonds. The summed E-state index contributed by atoms with van der Waals surface area (Å²) >= 11 is 0. The molecule has 0 aliphatic heterocycles. The van der Waals surface area contributed by atoms with Gasteiger partial charge in [-0.15, -0.1) is 0 Å². The van der Waals surface area contributed by atoms with Crippen LogP contribution in [0.4, 0.5) is 9.59 Å². The predicted octanol–water partition coefficient (Wildman–Crippen LogP) is 10.0. The molecule has 0 aliphatic rings. The van der Waals surface area contributed by atoms with E-state index in [1.54, 1.807) is 83.1 Å². The summed E-state index contributed by atoms with van der Waals surface area (Å²) in [5.41, 5.74) is 7.07. The molecule has 2 aromatic carbocycles. The number of ketones is 3. The molecular weight excluding hydrogens is 1180 g/mol. The maximum Gasteiger partial charge on any atom is 0.407 e. The van der Waals surface area contributed by atoms with Crippen molar-refractivity contribution in [2.45, 2.75) is 252 Å². The van der Waals surface area contributed by atoms with Crippen LogP contribution >= 0.6 is 0 Å². The number of hydrogen-bond donors (Lipinski definition) is 6. The number of benzene rings is 2. The van der Waals surface area contributed by atoms with Crippen molar-refractivity contribution in [3.05, 3.63) is 82.2 Å². The van der Waals surface area contributed by atoms with E-state index in [0.717, 1.165) is 30.4 Å². The highest BCUT2D eigenvalue weighted by atomic mass is 16.6. The Labute approximate surface area is 544 Å². The average Bonchev–Trinajstić information content (AvgIpc) is 1.02. The number of amides is 6. The Balaban J connectivity index is 2.00. The van der Waals surface area contributed by atoms with Crippen molar-refractivity contribution in [2.24, 2.45) is 17.0 Å². The Kier molecular flexibility index (Phi) is 36.2. The zero-order chi connectivity index (χ0) is 68.9. The van der Waals surface area contributed by atoms with Crippen molar-refractivity contribution >= 4 is 65.1 Å². The lowest BCUT2D eigenvalue weighted by atomic mass is 9.90. The van der Waals surface area contributed by atoms with E-state index in [1.165, 1.54) is 0 Å². The van der Waals surface area contributed by atoms with Crippen molar-refractivity contribution in [1.29, 1.82) is 0 Å². The second-order valence-electron chi connectivity index (χ2n) is 27.1. The van der Waals surface area contributed by atoms with Gasteiger partial charge in [-0.3, -0.25) is 33.6 Å². The van der Waals surface area contributed by atoms with Crippen LogP contribution in [0.2, 0.25) is 0 Å². The van der Waals surface area contributed by atoms with E-state index in [-0.39, 0.29) is 119 Å². The number of nitrogens with one attached hydrogen (secondary N) is 6. The third kappa shape index (κ3) is 39.4. The Morgan fingerprint density at radius 2 is 0.946 bits per heavy atom. The minimum absolute atomic E-state index is 0.0120. The second kappa shape index (κ2) is 41.6. The minimum Gasteiger partial charge on any atom is -0.460 e. The number of hydrogen-bond acceptors (Lipinski definition) is 16. The summed E-state index contributed by atoms with van der Waals surface area (Å²) in [5, 5.41) is 19.9. The van der Waals surface area contributed by atoms with Crippen LogP contribution in [-0.2, 0) is 74.9 Å². The molecule has 0 bridgehead atoms. The molecule has 0 aliphatic carbocycles. The number of alkyl carbamates (subject to hydrolysis) is 1. The number of unbranched alkanes of at least 4 members (excludes halogenated alkanes) is 5. The molecule has 92 heavy (non-hydrogen) atoms. The molecule has 5 atom stereocenters. The van der Waals surface area contributed by atoms with Gasteiger partial charge in [-0.1, -0.05) is 91.5 Å². The van der Waals surface area contributed by atoms with E-state index in [2.05, 4.69) is 41.9 Å². The molecule has 0 saturated heterocycles. The molecule has 0 radical (unpaired) electrons. The topological polar surface area (TPSA) is 346 Å². The fourth-order valence-electron chi connectivity index (χ4n) is 9.48. The van der Waals surface area contributed by atoms with Crippen LogP contribution in [0, 0.1) is 11.8 Å². The summed E-state index contributed by atoms with van der Waals surface area (Å²) in [6, 6.07) is 14.2. The van der Waals surface area contributed by atoms with Crippen LogP contribution in [0.1, 0.15) is 210 Å². The van der Waals surface area contributed by atoms with E-state index >= 15 is 0 Å². The molecular formula is C68H105N9O15. The standard InChI is InChI=1S/C68H105N9O15/c1-65(2,3)89-58(82)37-35-54(62(86)91-67(7,8)9)76-63(87)75-53(61(85)90-66(4,5)6)34-36-57(81)70-39-24-15-13-14-22-32-51(78)46-50(43-47-27-18-16-19-28-47)60(84)74-55(44-48-29-20-17-21-30-48)56(80)33-26-41-71-59(83)49(45-52(79)38-42-73-77-69)31-23-25-40-72-64(88)92-68(10,11)12/h16-21,27-30,49-50,53-55H,13-15,22-26,31-46H2,1-12H3,(H,70,81)(H,71,83)(H,72,88)(H,74,84)(H2,75,76,87)/t49-,50-,53+,54+,55+/m1/s1. The molecule has 0 spiro atoms. The molecule has 2 rings (SSSR count). The van der Waals surface area contributed by atoms with Gasteiger partial charge < -0.3 is 50.8 Å². The van der Waals surface area contributed by atoms with Crippen molar-refractivity contribution < 1.29 is 71.7 Å². The maximum atomic E-state index is 14.3. The van der Waals surface area contributed by atoms with Crippen LogP contribution in [0.5, 0.6) is 0 Å². The van der Waals surface area contributed by atoms with Crippen molar-refractivity contribution in [1.82, 2.24) is 31.9 Å². The molecule has 24 heteroatoms. The van der Waals surface area contributed by atoms with E-state index in [4.69, 9.17) is 24.5 Å². The van der Waals surface area contributed by atoms with Gasteiger partial charge >= 0.3 is 30.0 Å². The summed E-state index contributed by atoms with van der Waals surface area (Å²) in [6.45, 7) is 21.1. The van der Waals surface area contributed by atoms with Gasteiger partial charge in [0, 0.05) is 87.9 Å². The lowest BCUT2D eigenvalue weighted by Crippen LogP contribution is -2.53. The minimum atomic E-state index is -1.27. The SMILES string of the molecule is CC(C)(C)OC(=O)CC[C@H](NC(=O)N[C@@H](CCC(=O)NCCCCCCCC(=O)C[C@@H](Cc1ccccc1)C(=O)N[C@@H](Cc1ccccc1)C(=O)CCCNC(=O)[C@H](CCCCNC(=O)OC(C)(C)C)CC(=O)CCN=[N+]=[N-])C(=O)OC(C)(C)C)C(=O)OC(C)(C)C. The molecule has 0 fully saturated rings. The number of ether oxygens (including phenoxy) is 4. The summed E-state index contributed by atoms with van der Waals surface area (Å²) in [5.74, 6) is -5.38. The molecule has 2 aromatic rings. The quantitative estimate of drug-likeness (QED) is 0.00899. The predicted molar refractivity (Wildman–Crippen MR) is 348 cm³/mol. The number of rotatable bonds is 42. The highest BCUT2D eigenvalue weighted by Crippen LogP contribution is 2.21. The first-order valence-electron chi connectivity index (χ1n) is 32.3. The molecule has 0 unspecified atom stereocenters. The third-order valence-electron chi connectivity index (χ3n) is 13.8. The van der Waals surface area contributed by atoms with Gasteiger partial charge in [-0.05, 0) is 158 Å². The van der Waals surface area contributed by atoms with Crippen LogP contribution in [0.15, 0.2) is 65.8 Å². The van der Waals surface area contributed by atoms with Crippen molar-refractivity contribution in [3.63, 3.8) is 0 Å². The summed E-state index contributed by atoms with van der Waals surface area (Å²) in [6.07, 6.45) is 4.47. The molecule has 0 heterocycles.